The number of nitrogens with zero attached hydrogens (tertiary/aromatic N) is 1. The standard InChI is InChI=1S/C19H26BrNO2/c1-3-4-5-6-7-15-8-11-19(22)21(13-15)14-16-12-17(23-2)9-10-18(16)20/h9-10,12-13H,3-8,11,14H2,1-2H3. The molecule has 1 aromatic carbocycles. The van der Waals surface area contributed by atoms with E-state index in [2.05, 4.69) is 29.1 Å². The average molecular weight is 380 g/mol. The summed E-state index contributed by atoms with van der Waals surface area (Å²) in [6.07, 6.45) is 9.79. The second-order valence-electron chi connectivity index (χ2n) is 6.08. The topological polar surface area (TPSA) is 29.5 Å². The smallest absolute Gasteiger partial charge is 0.227 e. The number of amides is 1. The van der Waals surface area contributed by atoms with Crippen molar-refractivity contribution in [3.63, 3.8) is 0 Å². The molecule has 2 rings (SSSR count). The van der Waals surface area contributed by atoms with Crippen molar-refractivity contribution in [2.45, 2.75) is 58.4 Å². The van der Waals surface area contributed by atoms with Crippen LogP contribution in [0.2, 0.25) is 0 Å². The number of allylic oxidation sites excluding steroid dienone is 1. The molecule has 0 fully saturated rings. The van der Waals surface area contributed by atoms with Crippen LogP contribution in [0.25, 0.3) is 0 Å². The lowest BCUT2D eigenvalue weighted by atomic mass is 10.00. The van der Waals surface area contributed by atoms with Gasteiger partial charge in [0, 0.05) is 17.1 Å². The van der Waals surface area contributed by atoms with E-state index in [9.17, 15) is 4.79 Å². The van der Waals surface area contributed by atoms with Crippen molar-refractivity contribution in [2.24, 2.45) is 0 Å². The van der Waals surface area contributed by atoms with Gasteiger partial charge in [-0.2, -0.15) is 0 Å². The number of carbonyl (C=O) groups excluding carboxylic acids is 1. The Kier molecular flexibility index (Phi) is 7.15. The van der Waals surface area contributed by atoms with Crippen LogP contribution in [-0.2, 0) is 11.3 Å². The molecule has 1 aliphatic heterocycles. The van der Waals surface area contributed by atoms with E-state index >= 15 is 0 Å². The van der Waals surface area contributed by atoms with E-state index in [0.29, 0.717) is 13.0 Å². The Hall–Kier alpha value is -1.29. The summed E-state index contributed by atoms with van der Waals surface area (Å²) >= 11 is 3.57. The molecule has 1 aromatic rings. The molecule has 1 amide bonds. The lowest BCUT2D eigenvalue weighted by Crippen LogP contribution is -2.28. The van der Waals surface area contributed by atoms with Crippen LogP contribution in [0.1, 0.15) is 57.4 Å². The predicted octanol–water partition coefficient (Wildman–Crippen LogP) is 5.43. The van der Waals surface area contributed by atoms with Crippen molar-refractivity contribution in [3.05, 3.63) is 40.0 Å². The summed E-state index contributed by atoms with van der Waals surface area (Å²) in [6.45, 7) is 2.82. The lowest BCUT2D eigenvalue weighted by molar-refractivity contribution is -0.129. The molecular weight excluding hydrogens is 354 g/mol. The minimum atomic E-state index is 0.206. The first kappa shape index (κ1) is 18.1. The monoisotopic (exact) mass is 379 g/mol. The largest absolute Gasteiger partial charge is 0.497 e. The molecule has 0 aromatic heterocycles. The molecule has 0 radical (unpaired) electrons. The highest BCUT2D eigenvalue weighted by atomic mass is 79.9. The van der Waals surface area contributed by atoms with Crippen LogP contribution < -0.4 is 4.74 Å². The molecule has 23 heavy (non-hydrogen) atoms. The maximum atomic E-state index is 12.2. The first-order valence-electron chi connectivity index (χ1n) is 8.45. The Morgan fingerprint density at radius 2 is 2.04 bits per heavy atom. The minimum absolute atomic E-state index is 0.206. The summed E-state index contributed by atoms with van der Waals surface area (Å²) in [7, 11) is 1.66. The Labute approximate surface area is 147 Å². The van der Waals surface area contributed by atoms with E-state index in [1.807, 2.05) is 23.1 Å². The van der Waals surface area contributed by atoms with Crippen LogP contribution in [0.3, 0.4) is 0 Å². The molecule has 0 spiro atoms. The highest BCUT2D eigenvalue weighted by Gasteiger charge is 2.19. The van der Waals surface area contributed by atoms with Gasteiger partial charge in [-0.05, 0) is 43.0 Å². The summed E-state index contributed by atoms with van der Waals surface area (Å²) in [6, 6.07) is 5.87. The van der Waals surface area contributed by atoms with Gasteiger partial charge in [-0.15, -0.1) is 0 Å². The van der Waals surface area contributed by atoms with Gasteiger partial charge in [0.2, 0.25) is 5.91 Å². The molecular formula is C19H26BrNO2. The van der Waals surface area contributed by atoms with E-state index in [0.717, 1.165) is 28.6 Å². The quantitative estimate of drug-likeness (QED) is 0.563. The number of benzene rings is 1. The fourth-order valence-corrected chi connectivity index (χ4v) is 3.23. The highest BCUT2D eigenvalue weighted by Crippen LogP contribution is 2.27. The molecule has 4 heteroatoms. The van der Waals surface area contributed by atoms with Crippen LogP contribution in [0.5, 0.6) is 5.75 Å². The van der Waals surface area contributed by atoms with Gasteiger partial charge in [-0.3, -0.25) is 4.79 Å². The summed E-state index contributed by atoms with van der Waals surface area (Å²) in [4.78, 5) is 14.1. The Morgan fingerprint density at radius 3 is 2.78 bits per heavy atom. The first-order chi connectivity index (χ1) is 11.1. The van der Waals surface area contributed by atoms with Crippen LogP contribution in [0.4, 0.5) is 0 Å². The van der Waals surface area contributed by atoms with Crippen molar-refractivity contribution >= 4 is 21.8 Å². The summed E-state index contributed by atoms with van der Waals surface area (Å²) in [5, 5.41) is 0. The van der Waals surface area contributed by atoms with Gasteiger partial charge < -0.3 is 9.64 Å². The van der Waals surface area contributed by atoms with Gasteiger partial charge in [0.15, 0.2) is 0 Å². The van der Waals surface area contributed by atoms with Gasteiger partial charge in [-0.1, -0.05) is 47.7 Å². The Balaban J connectivity index is 2.03. The molecule has 3 nitrogen and oxygen atoms in total. The third-order valence-corrected chi connectivity index (χ3v) is 5.04. The molecule has 1 heterocycles. The Bertz CT molecular complexity index is 568. The summed E-state index contributed by atoms with van der Waals surface area (Å²) < 4.78 is 6.29. The molecule has 0 atom stereocenters. The molecule has 0 N–H and O–H groups in total. The van der Waals surface area contributed by atoms with Gasteiger partial charge in [0.05, 0.1) is 13.7 Å². The van der Waals surface area contributed by atoms with E-state index in [-0.39, 0.29) is 5.91 Å². The normalized spacial score (nSPS) is 14.8. The molecule has 0 saturated heterocycles. The number of hydrogen-bond acceptors (Lipinski definition) is 2. The number of halogens is 1. The van der Waals surface area contributed by atoms with Crippen molar-refractivity contribution in [1.29, 1.82) is 0 Å². The second kappa shape index (κ2) is 9.11. The first-order valence-corrected chi connectivity index (χ1v) is 9.24. The van der Waals surface area contributed by atoms with Crippen LogP contribution in [-0.4, -0.2) is 17.9 Å². The van der Waals surface area contributed by atoms with Crippen molar-refractivity contribution < 1.29 is 9.53 Å². The summed E-state index contributed by atoms with van der Waals surface area (Å²) in [5.41, 5.74) is 2.47. The van der Waals surface area contributed by atoms with E-state index < -0.39 is 0 Å². The van der Waals surface area contributed by atoms with Gasteiger partial charge >= 0.3 is 0 Å². The minimum Gasteiger partial charge on any atom is -0.497 e. The zero-order chi connectivity index (χ0) is 16.7. The van der Waals surface area contributed by atoms with Crippen molar-refractivity contribution in [1.82, 2.24) is 4.90 Å². The average Bonchev–Trinajstić information content (AvgIpc) is 2.56. The SMILES string of the molecule is CCCCCCC1=CN(Cc2cc(OC)ccc2Br)C(=O)CC1. The molecule has 0 unspecified atom stereocenters. The number of hydrogen-bond donors (Lipinski definition) is 0. The maximum absolute atomic E-state index is 12.2. The van der Waals surface area contributed by atoms with E-state index in [1.54, 1.807) is 7.11 Å². The zero-order valence-electron chi connectivity index (χ0n) is 14.1. The number of carbonyl (C=O) groups is 1. The predicted molar refractivity (Wildman–Crippen MR) is 97.3 cm³/mol. The third-order valence-electron chi connectivity index (χ3n) is 4.26. The van der Waals surface area contributed by atoms with Crippen molar-refractivity contribution in [3.8, 4) is 5.75 Å². The third kappa shape index (κ3) is 5.38. The van der Waals surface area contributed by atoms with Gasteiger partial charge in [-0.25, -0.2) is 0 Å². The van der Waals surface area contributed by atoms with Gasteiger partial charge in [0.1, 0.15) is 5.75 Å². The lowest BCUT2D eigenvalue weighted by Gasteiger charge is -2.26. The second-order valence-corrected chi connectivity index (χ2v) is 6.93. The van der Waals surface area contributed by atoms with Crippen LogP contribution in [0.15, 0.2) is 34.4 Å². The van der Waals surface area contributed by atoms with Crippen molar-refractivity contribution in [2.75, 3.05) is 7.11 Å². The molecule has 0 aliphatic carbocycles. The number of methoxy groups -OCH3 is 1. The molecule has 1 aliphatic rings. The van der Waals surface area contributed by atoms with Crippen LogP contribution in [0, 0.1) is 0 Å². The van der Waals surface area contributed by atoms with E-state index in [4.69, 9.17) is 4.74 Å². The highest BCUT2D eigenvalue weighted by molar-refractivity contribution is 9.10. The number of ether oxygens (including phenoxy) is 1. The molecule has 126 valence electrons. The Morgan fingerprint density at radius 1 is 1.22 bits per heavy atom. The number of rotatable bonds is 8. The fourth-order valence-electron chi connectivity index (χ4n) is 2.85. The summed E-state index contributed by atoms with van der Waals surface area (Å²) in [5.74, 6) is 1.02. The van der Waals surface area contributed by atoms with E-state index in [1.165, 1.54) is 31.3 Å². The van der Waals surface area contributed by atoms with Crippen LogP contribution >= 0.6 is 15.9 Å². The maximum Gasteiger partial charge on any atom is 0.227 e. The number of unbranched alkanes of at least 4 members (excludes halogenated alkanes) is 3. The molecule has 0 bridgehead atoms. The zero-order valence-corrected chi connectivity index (χ0v) is 15.7. The molecule has 0 saturated carbocycles. The van der Waals surface area contributed by atoms with Gasteiger partial charge in [0.25, 0.3) is 0 Å². The fraction of sp³-hybridized carbons (Fsp3) is 0.526.